The van der Waals surface area contributed by atoms with E-state index in [-0.39, 0.29) is 41.4 Å². The third-order valence-electron chi connectivity index (χ3n) is 7.30. The summed E-state index contributed by atoms with van der Waals surface area (Å²) in [6, 6.07) is 13.5. The normalized spacial score (nSPS) is 19.4. The first-order valence-corrected chi connectivity index (χ1v) is 13.6. The molecule has 1 aliphatic carbocycles. The number of pyridine rings is 1. The van der Waals surface area contributed by atoms with E-state index < -0.39 is 6.61 Å². The fraction of sp³-hybridized carbons (Fsp3) is 0.379. The SMILES string of the molecule is O=C1CCC(CNCc2cc(Cl)c(O[C@H]3CCc4c(-c5ccc6c(c5)OCCO6)cccc43)nc2OC(F)F)N1. The number of amides is 1. The van der Waals surface area contributed by atoms with Gasteiger partial charge in [-0.25, -0.2) is 0 Å². The van der Waals surface area contributed by atoms with Gasteiger partial charge in [0.1, 0.15) is 24.3 Å². The largest absolute Gasteiger partial charge is 0.486 e. The number of carbonyl (C=O) groups excluding carboxylic acids is 1. The number of benzene rings is 2. The van der Waals surface area contributed by atoms with Crippen LogP contribution < -0.4 is 29.6 Å². The smallest absolute Gasteiger partial charge is 0.388 e. The standard InChI is InChI=1S/C29H28ClF2N3O5/c30-22-12-17(14-33-15-18-5-9-26(36)34-18)27(40-29(31)32)35-28(22)39-23-8-6-20-19(2-1-3-21(20)23)16-4-7-24-25(13-16)38-11-10-37-24/h1-4,7,12-13,18,23,29,33H,5-6,8-11,14-15H2,(H,34,36)/t18?,23-/m0/s1. The van der Waals surface area contributed by atoms with Crippen molar-refractivity contribution in [1.29, 1.82) is 0 Å². The molecule has 1 saturated heterocycles. The highest BCUT2D eigenvalue weighted by Gasteiger charge is 2.29. The molecule has 1 fully saturated rings. The molecule has 2 aromatic carbocycles. The number of hydrogen-bond donors (Lipinski definition) is 2. The van der Waals surface area contributed by atoms with Crippen molar-refractivity contribution in [1.82, 2.24) is 15.6 Å². The topological polar surface area (TPSA) is 90.9 Å². The number of rotatable bonds is 9. The number of halogens is 3. The highest BCUT2D eigenvalue weighted by molar-refractivity contribution is 6.31. The molecule has 2 N–H and O–H groups in total. The van der Waals surface area contributed by atoms with Crippen LogP contribution >= 0.6 is 11.6 Å². The van der Waals surface area contributed by atoms with Gasteiger partial charge in [0.25, 0.3) is 0 Å². The average Bonchev–Trinajstić information content (AvgIpc) is 3.56. The summed E-state index contributed by atoms with van der Waals surface area (Å²) in [5.74, 6) is 1.24. The number of alkyl halides is 2. The van der Waals surface area contributed by atoms with E-state index in [2.05, 4.69) is 21.7 Å². The van der Waals surface area contributed by atoms with Crippen LogP contribution in [0.4, 0.5) is 8.78 Å². The lowest BCUT2D eigenvalue weighted by Gasteiger charge is -2.20. The number of nitrogens with one attached hydrogen (secondary N) is 2. The van der Waals surface area contributed by atoms with Crippen LogP contribution in [0.15, 0.2) is 42.5 Å². The molecular weight excluding hydrogens is 544 g/mol. The first kappa shape index (κ1) is 26.6. The Morgan fingerprint density at radius 1 is 1.07 bits per heavy atom. The van der Waals surface area contributed by atoms with Crippen molar-refractivity contribution in [3.8, 4) is 34.4 Å². The molecule has 2 aliphatic heterocycles. The molecule has 40 heavy (non-hydrogen) atoms. The van der Waals surface area contributed by atoms with Gasteiger partial charge in [0.15, 0.2) is 11.5 Å². The average molecular weight is 572 g/mol. The first-order valence-electron chi connectivity index (χ1n) is 13.3. The highest BCUT2D eigenvalue weighted by atomic mass is 35.5. The van der Waals surface area contributed by atoms with Crippen LogP contribution in [0.25, 0.3) is 11.1 Å². The van der Waals surface area contributed by atoms with Crippen molar-refractivity contribution in [2.24, 2.45) is 0 Å². The Morgan fingerprint density at radius 2 is 1.93 bits per heavy atom. The van der Waals surface area contributed by atoms with E-state index in [1.54, 1.807) is 0 Å². The molecule has 6 rings (SSSR count). The summed E-state index contributed by atoms with van der Waals surface area (Å²) in [5.41, 5.74) is 4.59. The van der Waals surface area contributed by atoms with E-state index >= 15 is 0 Å². The third-order valence-corrected chi connectivity index (χ3v) is 7.57. The second-order valence-electron chi connectivity index (χ2n) is 9.93. The van der Waals surface area contributed by atoms with E-state index in [9.17, 15) is 13.6 Å². The van der Waals surface area contributed by atoms with Gasteiger partial charge in [0, 0.05) is 31.1 Å². The van der Waals surface area contributed by atoms with Crippen LogP contribution in [-0.4, -0.2) is 43.3 Å². The Kier molecular flexibility index (Phi) is 7.62. The Balaban J connectivity index is 1.21. The van der Waals surface area contributed by atoms with Gasteiger partial charge in [-0.1, -0.05) is 35.9 Å². The highest BCUT2D eigenvalue weighted by Crippen LogP contribution is 2.43. The molecule has 3 aliphatic rings. The molecule has 3 aromatic rings. The van der Waals surface area contributed by atoms with E-state index in [0.29, 0.717) is 38.2 Å². The predicted octanol–water partition coefficient (Wildman–Crippen LogP) is 5.21. The molecule has 0 saturated carbocycles. The van der Waals surface area contributed by atoms with Gasteiger partial charge in [-0.05, 0) is 59.7 Å². The Labute approximate surface area is 234 Å². The lowest BCUT2D eigenvalue weighted by atomic mass is 9.96. The molecule has 1 unspecified atom stereocenters. The number of fused-ring (bicyclic) bond motifs is 2. The maximum absolute atomic E-state index is 13.2. The number of ether oxygens (including phenoxy) is 4. The minimum Gasteiger partial charge on any atom is -0.486 e. The van der Waals surface area contributed by atoms with Gasteiger partial charge in [0.05, 0.1) is 0 Å². The summed E-state index contributed by atoms with van der Waals surface area (Å²) in [6.07, 6.45) is 2.29. The molecule has 3 heterocycles. The summed E-state index contributed by atoms with van der Waals surface area (Å²) in [5, 5.41) is 6.21. The molecule has 0 radical (unpaired) electrons. The number of hydrogen-bond acceptors (Lipinski definition) is 7. The summed E-state index contributed by atoms with van der Waals surface area (Å²) in [7, 11) is 0. The maximum Gasteiger partial charge on any atom is 0.388 e. The van der Waals surface area contributed by atoms with Crippen molar-refractivity contribution in [2.75, 3.05) is 19.8 Å². The minimum atomic E-state index is -3.06. The Hall–Kier alpha value is -3.63. The van der Waals surface area contributed by atoms with Crippen molar-refractivity contribution >= 4 is 17.5 Å². The first-order chi connectivity index (χ1) is 19.4. The molecule has 8 nitrogen and oxygen atoms in total. The molecule has 210 valence electrons. The van der Waals surface area contributed by atoms with Crippen molar-refractivity contribution in [3.05, 3.63) is 64.2 Å². The monoisotopic (exact) mass is 571 g/mol. The zero-order valence-corrected chi connectivity index (χ0v) is 22.3. The molecule has 2 atom stereocenters. The molecular formula is C29H28ClF2N3O5. The maximum atomic E-state index is 13.2. The molecule has 1 amide bonds. The van der Waals surface area contributed by atoms with Gasteiger partial charge >= 0.3 is 6.61 Å². The number of carbonyl (C=O) groups is 1. The zero-order valence-electron chi connectivity index (χ0n) is 21.6. The molecule has 11 heteroatoms. The Bertz CT molecular complexity index is 1420. The second kappa shape index (κ2) is 11.5. The summed E-state index contributed by atoms with van der Waals surface area (Å²) in [4.78, 5) is 15.7. The number of aromatic nitrogens is 1. The lowest BCUT2D eigenvalue weighted by Crippen LogP contribution is -2.35. The van der Waals surface area contributed by atoms with E-state index in [1.807, 2.05) is 30.3 Å². The van der Waals surface area contributed by atoms with E-state index in [4.69, 9.17) is 30.5 Å². The van der Waals surface area contributed by atoms with Crippen molar-refractivity contribution in [3.63, 3.8) is 0 Å². The molecule has 0 bridgehead atoms. The van der Waals surface area contributed by atoms with Crippen LogP contribution in [0, 0.1) is 0 Å². The lowest BCUT2D eigenvalue weighted by molar-refractivity contribution is -0.119. The van der Waals surface area contributed by atoms with Gasteiger partial charge in [0.2, 0.25) is 17.7 Å². The minimum absolute atomic E-state index is 0.00615. The van der Waals surface area contributed by atoms with Crippen LogP contribution in [0.2, 0.25) is 5.02 Å². The van der Waals surface area contributed by atoms with Crippen molar-refractivity contribution < 1.29 is 32.5 Å². The van der Waals surface area contributed by atoms with Gasteiger partial charge in [-0.2, -0.15) is 13.8 Å². The zero-order chi connectivity index (χ0) is 27.6. The summed E-state index contributed by atoms with van der Waals surface area (Å²) in [6.45, 7) is -1.34. The second-order valence-corrected chi connectivity index (χ2v) is 10.3. The van der Waals surface area contributed by atoms with Gasteiger partial charge < -0.3 is 29.6 Å². The fourth-order valence-corrected chi connectivity index (χ4v) is 5.67. The number of nitrogens with zero attached hydrogens (tertiary/aromatic N) is 1. The Morgan fingerprint density at radius 3 is 2.73 bits per heavy atom. The van der Waals surface area contributed by atoms with Crippen LogP contribution in [0.1, 0.15) is 42.1 Å². The van der Waals surface area contributed by atoms with E-state index in [1.165, 1.54) is 6.07 Å². The van der Waals surface area contributed by atoms with Crippen molar-refractivity contribution in [2.45, 2.75) is 51.0 Å². The van der Waals surface area contributed by atoms with Gasteiger partial charge in [-0.15, -0.1) is 0 Å². The van der Waals surface area contributed by atoms with Crippen LogP contribution in [0.3, 0.4) is 0 Å². The van der Waals surface area contributed by atoms with E-state index in [0.717, 1.165) is 46.6 Å². The third kappa shape index (κ3) is 5.64. The van der Waals surface area contributed by atoms with Gasteiger partial charge in [-0.3, -0.25) is 4.79 Å². The fourth-order valence-electron chi connectivity index (χ4n) is 5.46. The molecule has 0 spiro atoms. The molecule has 1 aromatic heterocycles. The summed E-state index contributed by atoms with van der Waals surface area (Å²) < 4.78 is 48.8. The predicted molar refractivity (Wildman–Crippen MR) is 143 cm³/mol. The van der Waals surface area contributed by atoms with Crippen LogP contribution in [0.5, 0.6) is 23.3 Å². The summed E-state index contributed by atoms with van der Waals surface area (Å²) >= 11 is 6.52. The quantitative estimate of drug-likeness (QED) is 0.364. The van der Waals surface area contributed by atoms with Crippen LogP contribution in [-0.2, 0) is 17.8 Å².